The summed E-state index contributed by atoms with van der Waals surface area (Å²) in [6.45, 7) is 0. The number of carbonyl (C=O) groups excluding carboxylic acids is 3. The second kappa shape index (κ2) is 7.17. The van der Waals surface area contributed by atoms with Gasteiger partial charge in [0.2, 0.25) is 0 Å². The van der Waals surface area contributed by atoms with Crippen molar-refractivity contribution in [2.75, 3.05) is 12.4 Å². The molecule has 25 heavy (non-hydrogen) atoms. The molecule has 3 rings (SSSR count). The molecule has 2 aromatic carbocycles. The van der Waals surface area contributed by atoms with Gasteiger partial charge in [0.05, 0.1) is 12.7 Å². The molecule has 0 aromatic heterocycles. The molecule has 0 heterocycles. The molecule has 6 heteroatoms. The number of hydrogen-bond acceptors (Lipinski definition) is 4. The maximum absolute atomic E-state index is 12.3. The van der Waals surface area contributed by atoms with Crippen molar-refractivity contribution in [3.05, 3.63) is 65.2 Å². The van der Waals surface area contributed by atoms with Crippen molar-refractivity contribution in [2.24, 2.45) is 0 Å². The van der Waals surface area contributed by atoms with E-state index in [0.29, 0.717) is 22.4 Å². The molecular formula is C19H18N2O4. The summed E-state index contributed by atoms with van der Waals surface area (Å²) in [6.07, 6.45) is 2.04. The molecule has 0 unspecified atom stereocenters. The van der Waals surface area contributed by atoms with Gasteiger partial charge in [0, 0.05) is 22.9 Å². The zero-order valence-electron chi connectivity index (χ0n) is 13.7. The quantitative estimate of drug-likeness (QED) is 0.821. The lowest BCUT2D eigenvalue weighted by atomic mass is 10.1. The third-order valence-electron chi connectivity index (χ3n) is 3.86. The normalized spacial score (nSPS) is 13.0. The molecule has 128 valence electrons. The zero-order chi connectivity index (χ0) is 17.8. The number of nitrogens with one attached hydrogen (secondary N) is 2. The number of carbonyl (C=O) groups is 3. The average Bonchev–Trinajstić information content (AvgIpc) is 3.45. The molecule has 0 aliphatic heterocycles. The van der Waals surface area contributed by atoms with Crippen molar-refractivity contribution in [3.63, 3.8) is 0 Å². The molecule has 6 nitrogen and oxygen atoms in total. The van der Waals surface area contributed by atoms with Crippen molar-refractivity contribution in [3.8, 4) is 0 Å². The van der Waals surface area contributed by atoms with Gasteiger partial charge < -0.3 is 15.4 Å². The average molecular weight is 338 g/mol. The molecule has 1 aliphatic carbocycles. The van der Waals surface area contributed by atoms with E-state index in [1.165, 1.54) is 19.2 Å². The van der Waals surface area contributed by atoms with Gasteiger partial charge in [-0.15, -0.1) is 0 Å². The predicted octanol–water partition coefficient (Wildman–Crippen LogP) is 2.62. The fourth-order valence-electron chi connectivity index (χ4n) is 2.31. The molecule has 0 spiro atoms. The summed E-state index contributed by atoms with van der Waals surface area (Å²) in [5, 5.41) is 5.66. The number of hydrogen-bond donors (Lipinski definition) is 2. The summed E-state index contributed by atoms with van der Waals surface area (Å²) in [4.78, 5) is 35.8. The molecular weight excluding hydrogens is 320 g/mol. The van der Waals surface area contributed by atoms with E-state index >= 15 is 0 Å². The van der Waals surface area contributed by atoms with Gasteiger partial charge in [-0.2, -0.15) is 0 Å². The van der Waals surface area contributed by atoms with E-state index in [1.807, 2.05) is 0 Å². The summed E-state index contributed by atoms with van der Waals surface area (Å²) in [6, 6.07) is 13.2. The van der Waals surface area contributed by atoms with Gasteiger partial charge in [-0.1, -0.05) is 6.07 Å². The molecule has 1 saturated carbocycles. The second-order valence-electron chi connectivity index (χ2n) is 5.85. The molecule has 2 N–H and O–H groups in total. The Morgan fingerprint density at radius 2 is 1.60 bits per heavy atom. The van der Waals surface area contributed by atoms with Crippen LogP contribution in [0.3, 0.4) is 0 Å². The molecule has 0 atom stereocenters. The molecule has 1 aliphatic rings. The van der Waals surface area contributed by atoms with Crippen LogP contribution in [0.2, 0.25) is 0 Å². The van der Waals surface area contributed by atoms with Crippen LogP contribution < -0.4 is 10.6 Å². The Morgan fingerprint density at radius 1 is 0.920 bits per heavy atom. The number of amides is 2. The van der Waals surface area contributed by atoms with E-state index in [4.69, 9.17) is 0 Å². The van der Waals surface area contributed by atoms with Crippen LogP contribution in [0.5, 0.6) is 0 Å². The zero-order valence-corrected chi connectivity index (χ0v) is 13.7. The summed E-state index contributed by atoms with van der Waals surface area (Å²) >= 11 is 0. The Hall–Kier alpha value is -3.15. The largest absolute Gasteiger partial charge is 0.465 e. The Labute approximate surface area is 145 Å². The minimum Gasteiger partial charge on any atom is -0.465 e. The van der Waals surface area contributed by atoms with E-state index in [-0.39, 0.29) is 17.9 Å². The van der Waals surface area contributed by atoms with E-state index in [1.54, 1.807) is 36.4 Å². The minimum absolute atomic E-state index is 0.138. The van der Waals surface area contributed by atoms with Crippen LogP contribution in [0.4, 0.5) is 5.69 Å². The van der Waals surface area contributed by atoms with Crippen LogP contribution in [0.15, 0.2) is 48.5 Å². The summed E-state index contributed by atoms with van der Waals surface area (Å²) < 4.78 is 4.62. The Kier molecular flexibility index (Phi) is 4.79. The Morgan fingerprint density at radius 3 is 2.24 bits per heavy atom. The number of benzene rings is 2. The van der Waals surface area contributed by atoms with Crippen molar-refractivity contribution in [1.29, 1.82) is 0 Å². The molecule has 0 bridgehead atoms. The van der Waals surface area contributed by atoms with E-state index in [9.17, 15) is 14.4 Å². The second-order valence-corrected chi connectivity index (χ2v) is 5.85. The van der Waals surface area contributed by atoms with Gasteiger partial charge in [0.15, 0.2) is 0 Å². The van der Waals surface area contributed by atoms with Gasteiger partial charge >= 0.3 is 5.97 Å². The van der Waals surface area contributed by atoms with Crippen LogP contribution in [0.1, 0.15) is 43.9 Å². The summed E-state index contributed by atoms with van der Waals surface area (Å²) in [5.41, 5.74) is 1.81. The molecule has 2 amide bonds. The highest BCUT2D eigenvalue weighted by atomic mass is 16.5. The minimum atomic E-state index is -0.457. The third-order valence-corrected chi connectivity index (χ3v) is 3.86. The van der Waals surface area contributed by atoms with E-state index in [0.717, 1.165) is 12.8 Å². The first-order valence-corrected chi connectivity index (χ1v) is 7.97. The van der Waals surface area contributed by atoms with Gasteiger partial charge in [0.25, 0.3) is 11.8 Å². The van der Waals surface area contributed by atoms with Crippen LogP contribution in [-0.4, -0.2) is 30.9 Å². The molecule has 0 radical (unpaired) electrons. The number of esters is 1. The van der Waals surface area contributed by atoms with E-state index < -0.39 is 5.97 Å². The van der Waals surface area contributed by atoms with Gasteiger partial charge in [0.1, 0.15) is 0 Å². The van der Waals surface area contributed by atoms with Crippen molar-refractivity contribution in [1.82, 2.24) is 5.32 Å². The highest BCUT2D eigenvalue weighted by Gasteiger charge is 2.23. The maximum Gasteiger partial charge on any atom is 0.337 e. The number of methoxy groups -OCH3 is 1. The van der Waals surface area contributed by atoms with Gasteiger partial charge in [-0.05, 0) is 55.3 Å². The number of anilines is 1. The lowest BCUT2D eigenvalue weighted by Crippen LogP contribution is -2.25. The van der Waals surface area contributed by atoms with E-state index in [2.05, 4.69) is 15.4 Å². The van der Waals surface area contributed by atoms with Crippen molar-refractivity contribution < 1.29 is 19.1 Å². The first-order chi connectivity index (χ1) is 12.1. The Balaban J connectivity index is 1.67. The standard InChI is InChI=1S/C19H18N2O4/c1-25-19(24)13-7-5-12(6-8-13)17(22)21-16-4-2-3-14(11-16)18(23)20-15-9-10-15/h2-8,11,15H,9-10H2,1H3,(H,20,23)(H,21,22). The smallest absolute Gasteiger partial charge is 0.337 e. The van der Waals surface area contributed by atoms with Gasteiger partial charge in [-0.25, -0.2) is 4.79 Å². The van der Waals surface area contributed by atoms with Crippen LogP contribution in [0.25, 0.3) is 0 Å². The predicted molar refractivity (Wildman–Crippen MR) is 92.7 cm³/mol. The third kappa shape index (κ3) is 4.23. The Bertz CT molecular complexity index is 810. The topological polar surface area (TPSA) is 84.5 Å². The first kappa shape index (κ1) is 16.7. The highest BCUT2D eigenvalue weighted by molar-refractivity contribution is 6.05. The van der Waals surface area contributed by atoms with Crippen molar-refractivity contribution in [2.45, 2.75) is 18.9 Å². The monoisotopic (exact) mass is 338 g/mol. The first-order valence-electron chi connectivity index (χ1n) is 7.97. The summed E-state index contributed by atoms with van der Waals surface area (Å²) in [5.74, 6) is -0.918. The van der Waals surface area contributed by atoms with Crippen LogP contribution in [0, 0.1) is 0 Å². The fourth-order valence-corrected chi connectivity index (χ4v) is 2.31. The van der Waals surface area contributed by atoms with Crippen molar-refractivity contribution >= 4 is 23.5 Å². The molecule has 0 saturated heterocycles. The maximum atomic E-state index is 12.3. The SMILES string of the molecule is COC(=O)c1ccc(C(=O)Nc2cccc(C(=O)NC3CC3)c2)cc1. The summed E-state index contributed by atoms with van der Waals surface area (Å²) in [7, 11) is 1.30. The van der Waals surface area contributed by atoms with Gasteiger partial charge in [-0.3, -0.25) is 9.59 Å². The fraction of sp³-hybridized carbons (Fsp3) is 0.211. The lowest BCUT2D eigenvalue weighted by molar-refractivity contribution is 0.0600. The number of ether oxygens (including phenoxy) is 1. The lowest BCUT2D eigenvalue weighted by Gasteiger charge is -2.08. The van der Waals surface area contributed by atoms with Crippen LogP contribution >= 0.6 is 0 Å². The van der Waals surface area contributed by atoms with Crippen LogP contribution in [-0.2, 0) is 4.74 Å². The highest BCUT2D eigenvalue weighted by Crippen LogP contribution is 2.20. The molecule has 2 aromatic rings. The molecule has 1 fully saturated rings. The number of rotatable bonds is 5.